The first-order valence-electron chi connectivity index (χ1n) is 10.2. The molecule has 152 valence electrons. The quantitative estimate of drug-likeness (QED) is 0.291. The maximum absolute atomic E-state index is 6.10. The van der Waals surface area contributed by atoms with Crippen molar-refractivity contribution in [2.24, 2.45) is 0 Å². The van der Waals surface area contributed by atoms with Crippen LogP contribution in [0.15, 0.2) is 101 Å². The number of furan rings is 1. The molecule has 4 aromatic carbocycles. The lowest BCUT2D eigenvalue weighted by Gasteiger charge is -2.09. The lowest BCUT2D eigenvalue weighted by molar-refractivity contribution is 0.669. The van der Waals surface area contributed by atoms with E-state index in [2.05, 4.69) is 6.07 Å². The van der Waals surface area contributed by atoms with E-state index < -0.39 is 0 Å². The minimum Gasteiger partial charge on any atom is -0.456 e. The van der Waals surface area contributed by atoms with Gasteiger partial charge in [-0.2, -0.15) is 0 Å². The molecule has 0 saturated heterocycles. The zero-order valence-corrected chi connectivity index (χ0v) is 17.6. The Morgan fingerprint density at radius 3 is 1.94 bits per heavy atom. The molecular weight excluding hydrogens is 418 g/mol. The van der Waals surface area contributed by atoms with Gasteiger partial charge in [-0.15, -0.1) is 0 Å². The highest BCUT2D eigenvalue weighted by atomic mass is 35.5. The van der Waals surface area contributed by atoms with Gasteiger partial charge in [-0.1, -0.05) is 72.3 Å². The minimum absolute atomic E-state index is 0.593. The fraction of sp³-hybridized carbons (Fsp3) is 0. The molecule has 32 heavy (non-hydrogen) atoms. The van der Waals surface area contributed by atoms with Crippen molar-refractivity contribution in [1.82, 2.24) is 15.0 Å². The van der Waals surface area contributed by atoms with E-state index in [4.69, 9.17) is 31.0 Å². The second kappa shape index (κ2) is 7.59. The second-order valence-electron chi connectivity index (χ2n) is 7.46. The van der Waals surface area contributed by atoms with Crippen LogP contribution >= 0.6 is 11.6 Å². The molecule has 0 atom stereocenters. The molecule has 0 radical (unpaired) electrons. The van der Waals surface area contributed by atoms with Crippen molar-refractivity contribution >= 4 is 33.5 Å². The molecule has 0 amide bonds. The molecule has 0 saturated carbocycles. The Labute approximate surface area is 189 Å². The van der Waals surface area contributed by atoms with Gasteiger partial charge in [0.1, 0.15) is 11.2 Å². The summed E-state index contributed by atoms with van der Waals surface area (Å²) in [5.74, 6) is 1.81. The molecular formula is C27H16ClN3O. The lowest BCUT2D eigenvalue weighted by Crippen LogP contribution is -2.00. The smallest absolute Gasteiger partial charge is 0.164 e. The van der Waals surface area contributed by atoms with Crippen molar-refractivity contribution in [3.63, 3.8) is 0 Å². The minimum atomic E-state index is 0.593. The molecule has 6 aromatic rings. The largest absolute Gasteiger partial charge is 0.456 e. The van der Waals surface area contributed by atoms with Crippen molar-refractivity contribution in [1.29, 1.82) is 0 Å². The van der Waals surface area contributed by atoms with Gasteiger partial charge >= 0.3 is 0 Å². The predicted octanol–water partition coefficient (Wildman–Crippen LogP) is 7.43. The molecule has 0 aliphatic carbocycles. The molecule has 0 N–H and O–H groups in total. The van der Waals surface area contributed by atoms with Crippen LogP contribution in [-0.4, -0.2) is 15.0 Å². The van der Waals surface area contributed by atoms with Crippen LogP contribution in [0.5, 0.6) is 0 Å². The fourth-order valence-electron chi connectivity index (χ4n) is 3.90. The molecule has 4 nitrogen and oxygen atoms in total. The highest BCUT2D eigenvalue weighted by molar-refractivity contribution is 6.30. The molecule has 5 heteroatoms. The summed E-state index contributed by atoms with van der Waals surface area (Å²) in [7, 11) is 0. The van der Waals surface area contributed by atoms with Crippen molar-refractivity contribution in [3.8, 4) is 34.2 Å². The Balaban J connectivity index is 1.64. The molecule has 2 heterocycles. The highest BCUT2D eigenvalue weighted by Gasteiger charge is 2.17. The number of benzene rings is 4. The number of nitrogens with zero attached hydrogens (tertiary/aromatic N) is 3. The second-order valence-corrected chi connectivity index (χ2v) is 7.89. The van der Waals surface area contributed by atoms with Crippen LogP contribution < -0.4 is 0 Å². The topological polar surface area (TPSA) is 51.8 Å². The van der Waals surface area contributed by atoms with Gasteiger partial charge in [0.05, 0.1) is 0 Å². The van der Waals surface area contributed by atoms with Gasteiger partial charge in [0.15, 0.2) is 17.5 Å². The van der Waals surface area contributed by atoms with Crippen molar-refractivity contribution in [3.05, 3.63) is 102 Å². The number of fused-ring (bicyclic) bond motifs is 3. The molecule has 0 bridgehead atoms. The van der Waals surface area contributed by atoms with Crippen LogP contribution in [-0.2, 0) is 0 Å². The first kappa shape index (κ1) is 18.7. The zero-order valence-electron chi connectivity index (χ0n) is 16.9. The van der Waals surface area contributed by atoms with Gasteiger partial charge in [0, 0.05) is 32.5 Å². The normalized spacial score (nSPS) is 11.3. The van der Waals surface area contributed by atoms with E-state index in [1.54, 1.807) is 0 Å². The van der Waals surface area contributed by atoms with Gasteiger partial charge in [-0.05, 0) is 36.4 Å². The summed E-state index contributed by atoms with van der Waals surface area (Å²) in [5, 5.41) is 2.70. The van der Waals surface area contributed by atoms with E-state index >= 15 is 0 Å². The zero-order chi connectivity index (χ0) is 21.5. The number of aromatic nitrogens is 3. The summed E-state index contributed by atoms with van der Waals surface area (Å²) in [4.78, 5) is 14.5. The Morgan fingerprint density at radius 2 is 1.16 bits per heavy atom. The van der Waals surface area contributed by atoms with E-state index in [-0.39, 0.29) is 0 Å². The van der Waals surface area contributed by atoms with Crippen LogP contribution in [0.25, 0.3) is 56.1 Å². The maximum Gasteiger partial charge on any atom is 0.164 e. The first-order chi connectivity index (χ1) is 15.8. The molecule has 0 aliphatic rings. The lowest BCUT2D eigenvalue weighted by atomic mass is 10.1. The average molecular weight is 434 g/mol. The summed E-state index contributed by atoms with van der Waals surface area (Å²) in [5.41, 5.74) is 4.35. The van der Waals surface area contributed by atoms with Gasteiger partial charge in [-0.3, -0.25) is 0 Å². The Bertz CT molecular complexity index is 1570. The van der Waals surface area contributed by atoms with Crippen molar-refractivity contribution in [2.45, 2.75) is 0 Å². The first-order valence-corrected chi connectivity index (χ1v) is 10.6. The number of para-hydroxylation sites is 1. The van der Waals surface area contributed by atoms with E-state index in [9.17, 15) is 0 Å². The van der Waals surface area contributed by atoms with E-state index in [1.807, 2.05) is 91.0 Å². The number of hydrogen-bond acceptors (Lipinski definition) is 4. The van der Waals surface area contributed by atoms with Crippen LogP contribution in [0.1, 0.15) is 0 Å². The molecule has 0 spiro atoms. The van der Waals surface area contributed by atoms with Crippen molar-refractivity contribution < 1.29 is 4.42 Å². The Kier molecular flexibility index (Phi) is 4.44. The summed E-state index contributed by atoms with van der Waals surface area (Å²) in [6.07, 6.45) is 0. The third-order valence-electron chi connectivity index (χ3n) is 5.41. The SMILES string of the molecule is Clc1ccc(-c2nc(-c3ccccc3)nc(-c3cccc4oc5ccccc5c34)n2)cc1. The van der Waals surface area contributed by atoms with Crippen LogP contribution in [0, 0.1) is 0 Å². The van der Waals surface area contributed by atoms with Crippen LogP contribution in [0.2, 0.25) is 5.02 Å². The summed E-state index contributed by atoms with van der Waals surface area (Å²) < 4.78 is 6.07. The molecule has 0 aliphatic heterocycles. The molecule has 2 aromatic heterocycles. The number of halogens is 1. The molecule has 0 fully saturated rings. The molecule has 0 unspecified atom stereocenters. The summed E-state index contributed by atoms with van der Waals surface area (Å²) in [6.45, 7) is 0. The third kappa shape index (κ3) is 3.22. The van der Waals surface area contributed by atoms with Crippen LogP contribution in [0.3, 0.4) is 0 Å². The van der Waals surface area contributed by atoms with E-state index in [0.29, 0.717) is 22.5 Å². The van der Waals surface area contributed by atoms with E-state index in [1.165, 1.54) is 0 Å². The Morgan fingerprint density at radius 1 is 0.531 bits per heavy atom. The number of rotatable bonds is 3. The van der Waals surface area contributed by atoms with Crippen LogP contribution in [0.4, 0.5) is 0 Å². The monoisotopic (exact) mass is 433 g/mol. The van der Waals surface area contributed by atoms with Gasteiger partial charge in [0.2, 0.25) is 0 Å². The predicted molar refractivity (Wildman–Crippen MR) is 128 cm³/mol. The van der Waals surface area contributed by atoms with Crippen molar-refractivity contribution in [2.75, 3.05) is 0 Å². The molecule has 6 rings (SSSR count). The Hall–Kier alpha value is -4.02. The third-order valence-corrected chi connectivity index (χ3v) is 5.67. The van der Waals surface area contributed by atoms with E-state index in [0.717, 1.165) is 38.6 Å². The summed E-state index contributed by atoms with van der Waals surface area (Å²) in [6, 6.07) is 31.4. The maximum atomic E-state index is 6.10. The number of hydrogen-bond donors (Lipinski definition) is 0. The van der Waals surface area contributed by atoms with Gasteiger partial charge in [-0.25, -0.2) is 15.0 Å². The average Bonchev–Trinajstić information content (AvgIpc) is 3.24. The highest BCUT2D eigenvalue weighted by Crippen LogP contribution is 2.36. The fourth-order valence-corrected chi connectivity index (χ4v) is 4.03. The standard InChI is InChI=1S/C27H16ClN3O/c28-19-15-13-18(14-16-19)26-29-25(17-7-2-1-3-8-17)30-27(31-26)21-10-6-12-23-24(21)20-9-4-5-11-22(20)32-23/h1-16H. The van der Waals surface area contributed by atoms with Gasteiger partial charge in [0.25, 0.3) is 0 Å². The summed E-state index contributed by atoms with van der Waals surface area (Å²) >= 11 is 6.10. The van der Waals surface area contributed by atoms with Gasteiger partial charge < -0.3 is 4.42 Å².